The van der Waals surface area contributed by atoms with E-state index < -0.39 is 0 Å². The highest BCUT2D eigenvalue weighted by Gasteiger charge is 2.23. The molecule has 3 heteroatoms. The molecule has 45 heavy (non-hydrogen) atoms. The summed E-state index contributed by atoms with van der Waals surface area (Å²) in [5.41, 5.74) is 8.34. The Bertz CT molecular complexity index is 2490. The molecule has 0 aliphatic rings. The zero-order valence-corrected chi connectivity index (χ0v) is 26.0. The number of anilines is 3. The van der Waals surface area contributed by atoms with Gasteiger partial charge in [-0.3, -0.25) is 0 Å². The first-order chi connectivity index (χ1) is 22.3. The van der Waals surface area contributed by atoms with Crippen molar-refractivity contribution in [2.45, 2.75) is 0 Å². The summed E-state index contributed by atoms with van der Waals surface area (Å²) in [5.74, 6) is 0. The SMILES string of the molecule is c1ccc(-c2cccc(N(c3ccc4c(c3)sc3ccccc34)c3c(-c4ccccc4)ccc4c3sc3ccccc34)c2)cc1. The van der Waals surface area contributed by atoms with Gasteiger partial charge in [-0.1, -0.05) is 127 Å². The van der Waals surface area contributed by atoms with E-state index in [9.17, 15) is 0 Å². The molecule has 0 aliphatic carbocycles. The Balaban J connectivity index is 1.38. The number of thiophene rings is 2. The maximum Gasteiger partial charge on any atom is 0.0718 e. The third-order valence-electron chi connectivity index (χ3n) is 8.66. The van der Waals surface area contributed by atoms with Crippen LogP contribution in [0.1, 0.15) is 0 Å². The van der Waals surface area contributed by atoms with Gasteiger partial charge in [-0.15, -0.1) is 22.7 Å². The van der Waals surface area contributed by atoms with Gasteiger partial charge in [0, 0.05) is 52.6 Å². The highest BCUT2D eigenvalue weighted by atomic mass is 32.1. The van der Waals surface area contributed by atoms with Gasteiger partial charge in [-0.2, -0.15) is 0 Å². The minimum Gasteiger partial charge on any atom is -0.308 e. The van der Waals surface area contributed by atoms with Crippen LogP contribution in [0.15, 0.2) is 164 Å². The van der Waals surface area contributed by atoms with Crippen molar-refractivity contribution in [2.75, 3.05) is 4.90 Å². The van der Waals surface area contributed by atoms with Gasteiger partial charge in [-0.25, -0.2) is 0 Å². The summed E-state index contributed by atoms with van der Waals surface area (Å²) in [7, 11) is 0. The molecular formula is C42H27NS2. The van der Waals surface area contributed by atoms with Crippen molar-refractivity contribution in [3.63, 3.8) is 0 Å². The smallest absolute Gasteiger partial charge is 0.0718 e. The zero-order chi connectivity index (χ0) is 29.7. The predicted molar refractivity (Wildman–Crippen MR) is 198 cm³/mol. The Morgan fingerprint density at radius 2 is 0.933 bits per heavy atom. The summed E-state index contributed by atoms with van der Waals surface area (Å²) < 4.78 is 5.21. The fourth-order valence-corrected chi connectivity index (χ4v) is 8.94. The Morgan fingerprint density at radius 3 is 1.71 bits per heavy atom. The maximum absolute atomic E-state index is 2.50. The van der Waals surface area contributed by atoms with E-state index in [4.69, 9.17) is 0 Å². The topological polar surface area (TPSA) is 3.24 Å². The van der Waals surface area contributed by atoms with Gasteiger partial charge in [0.05, 0.1) is 10.4 Å². The first kappa shape index (κ1) is 26.2. The Hall–Kier alpha value is -5.22. The number of fused-ring (bicyclic) bond motifs is 6. The van der Waals surface area contributed by atoms with Crippen molar-refractivity contribution in [1.29, 1.82) is 0 Å². The van der Waals surface area contributed by atoms with Crippen molar-refractivity contribution >= 4 is 80.1 Å². The molecule has 2 aromatic heterocycles. The molecule has 9 aromatic rings. The standard InChI is InChI=1S/C42H27NS2/c1-3-12-28(13-4-1)30-16-11-17-31(26-30)43(32-22-23-36-34-18-7-9-20-38(34)44-40(36)27-32)41-33(29-14-5-2-6-15-29)24-25-37-35-19-8-10-21-39(35)45-42(37)41/h1-27H. The van der Waals surface area contributed by atoms with Gasteiger partial charge < -0.3 is 4.90 Å². The quantitative estimate of drug-likeness (QED) is 0.188. The summed E-state index contributed by atoms with van der Waals surface area (Å²) in [5, 5.41) is 5.22. The monoisotopic (exact) mass is 609 g/mol. The molecule has 0 saturated carbocycles. The molecule has 0 N–H and O–H groups in total. The third-order valence-corrected chi connectivity index (χ3v) is 11.0. The Labute approximate surface area is 269 Å². The van der Waals surface area contributed by atoms with Crippen molar-refractivity contribution in [2.24, 2.45) is 0 Å². The van der Waals surface area contributed by atoms with Gasteiger partial charge in [-0.05, 0) is 53.1 Å². The van der Waals surface area contributed by atoms with Crippen LogP contribution >= 0.6 is 22.7 Å². The van der Waals surface area contributed by atoms with E-state index in [0.717, 1.165) is 11.4 Å². The van der Waals surface area contributed by atoms with Crippen molar-refractivity contribution < 1.29 is 0 Å². The minimum atomic E-state index is 1.14. The van der Waals surface area contributed by atoms with Crippen LogP contribution in [0.3, 0.4) is 0 Å². The number of rotatable bonds is 5. The average Bonchev–Trinajstić information content (AvgIpc) is 3.68. The largest absolute Gasteiger partial charge is 0.308 e. The van der Waals surface area contributed by atoms with Crippen LogP contribution in [0, 0.1) is 0 Å². The second kappa shape index (κ2) is 10.7. The Morgan fingerprint density at radius 1 is 0.356 bits per heavy atom. The van der Waals surface area contributed by atoms with E-state index in [1.807, 2.05) is 22.7 Å². The summed E-state index contributed by atoms with van der Waals surface area (Å²) >= 11 is 3.75. The predicted octanol–water partition coefficient (Wildman–Crippen LogP) is 13.2. The summed E-state index contributed by atoms with van der Waals surface area (Å²) in [4.78, 5) is 2.50. The molecule has 0 radical (unpaired) electrons. The van der Waals surface area contributed by atoms with Gasteiger partial charge in [0.25, 0.3) is 0 Å². The van der Waals surface area contributed by atoms with Gasteiger partial charge in [0.15, 0.2) is 0 Å². The lowest BCUT2D eigenvalue weighted by Gasteiger charge is -2.29. The fourth-order valence-electron chi connectivity index (χ4n) is 6.56. The second-order valence-corrected chi connectivity index (χ2v) is 13.5. The van der Waals surface area contributed by atoms with Crippen LogP contribution in [0.2, 0.25) is 0 Å². The Kier molecular flexibility index (Phi) is 6.26. The molecule has 0 saturated heterocycles. The molecule has 7 aromatic carbocycles. The third kappa shape index (κ3) is 4.43. The van der Waals surface area contributed by atoms with E-state index in [1.165, 1.54) is 68.3 Å². The summed E-state index contributed by atoms with van der Waals surface area (Å²) in [6.07, 6.45) is 0. The van der Waals surface area contributed by atoms with Crippen molar-refractivity contribution in [3.05, 3.63) is 164 Å². The number of benzene rings is 7. The average molecular weight is 610 g/mol. The van der Waals surface area contributed by atoms with Crippen molar-refractivity contribution in [1.82, 2.24) is 0 Å². The molecular weight excluding hydrogens is 583 g/mol. The highest BCUT2D eigenvalue weighted by molar-refractivity contribution is 7.26. The molecule has 0 bridgehead atoms. The zero-order valence-electron chi connectivity index (χ0n) is 24.4. The van der Waals surface area contributed by atoms with Crippen LogP contribution in [-0.2, 0) is 0 Å². The highest BCUT2D eigenvalue weighted by Crippen LogP contribution is 2.50. The van der Waals surface area contributed by atoms with E-state index in [-0.39, 0.29) is 0 Å². The molecule has 2 heterocycles. The molecule has 9 rings (SSSR count). The van der Waals surface area contributed by atoms with Crippen LogP contribution in [0.25, 0.3) is 62.6 Å². The minimum absolute atomic E-state index is 1.14. The van der Waals surface area contributed by atoms with E-state index in [0.29, 0.717) is 0 Å². The van der Waals surface area contributed by atoms with Crippen LogP contribution in [-0.4, -0.2) is 0 Å². The molecule has 1 nitrogen and oxygen atoms in total. The normalized spacial score (nSPS) is 11.6. The molecule has 0 spiro atoms. The van der Waals surface area contributed by atoms with Crippen LogP contribution in [0.5, 0.6) is 0 Å². The van der Waals surface area contributed by atoms with Crippen LogP contribution < -0.4 is 4.90 Å². The summed E-state index contributed by atoms with van der Waals surface area (Å²) in [6.45, 7) is 0. The van der Waals surface area contributed by atoms with E-state index in [2.05, 4.69) is 169 Å². The molecule has 0 aliphatic heterocycles. The van der Waals surface area contributed by atoms with Gasteiger partial charge in [0.2, 0.25) is 0 Å². The molecule has 0 atom stereocenters. The second-order valence-electron chi connectivity index (χ2n) is 11.3. The number of nitrogens with zero attached hydrogens (tertiary/aromatic N) is 1. The summed E-state index contributed by atoms with van der Waals surface area (Å²) in [6, 6.07) is 59.7. The first-order valence-electron chi connectivity index (χ1n) is 15.2. The fraction of sp³-hybridized carbons (Fsp3) is 0. The van der Waals surface area contributed by atoms with Crippen molar-refractivity contribution in [3.8, 4) is 22.3 Å². The lowest BCUT2D eigenvalue weighted by atomic mass is 9.98. The molecule has 0 unspecified atom stereocenters. The van der Waals surface area contributed by atoms with Gasteiger partial charge in [0.1, 0.15) is 0 Å². The molecule has 212 valence electrons. The van der Waals surface area contributed by atoms with E-state index in [1.54, 1.807) is 0 Å². The number of hydrogen-bond donors (Lipinski definition) is 0. The molecule has 0 fully saturated rings. The first-order valence-corrected chi connectivity index (χ1v) is 16.8. The van der Waals surface area contributed by atoms with Crippen LogP contribution in [0.4, 0.5) is 17.1 Å². The van der Waals surface area contributed by atoms with E-state index >= 15 is 0 Å². The number of hydrogen-bond acceptors (Lipinski definition) is 3. The maximum atomic E-state index is 2.50. The lowest BCUT2D eigenvalue weighted by Crippen LogP contribution is -2.11. The lowest BCUT2D eigenvalue weighted by molar-refractivity contribution is 1.31. The molecule has 0 amide bonds. The van der Waals surface area contributed by atoms with Gasteiger partial charge >= 0.3 is 0 Å².